The van der Waals surface area contributed by atoms with Crippen LogP contribution in [0.2, 0.25) is 0 Å². The average Bonchev–Trinajstić information content (AvgIpc) is 2.01. The summed E-state index contributed by atoms with van der Waals surface area (Å²) in [5.41, 5.74) is -0.0916. The molecule has 0 aliphatic rings. The number of nitrogens with zero attached hydrogens (tertiary/aromatic N) is 1. The van der Waals surface area contributed by atoms with Gasteiger partial charge >= 0.3 is 0 Å². The largest absolute Gasteiger partial charge is 0.319 e. The number of aromatic amines is 1. The summed E-state index contributed by atoms with van der Waals surface area (Å²) in [7, 11) is 1.86. The molecule has 0 radical (unpaired) electrons. The monoisotopic (exact) mass is 153 g/mol. The van der Waals surface area contributed by atoms with Crippen molar-refractivity contribution in [1.29, 1.82) is 0 Å². The minimum Gasteiger partial charge on any atom is -0.319 e. The second-order valence-corrected chi connectivity index (χ2v) is 2.23. The van der Waals surface area contributed by atoms with Crippen LogP contribution in [0, 0.1) is 0 Å². The van der Waals surface area contributed by atoms with Crippen molar-refractivity contribution in [2.75, 3.05) is 13.6 Å². The van der Waals surface area contributed by atoms with E-state index in [2.05, 4.69) is 15.3 Å². The van der Waals surface area contributed by atoms with Gasteiger partial charge in [-0.05, 0) is 7.05 Å². The van der Waals surface area contributed by atoms with E-state index in [0.29, 0.717) is 0 Å². The predicted molar refractivity (Wildman–Crippen MR) is 42.5 cm³/mol. The van der Waals surface area contributed by atoms with Crippen LogP contribution in [0.5, 0.6) is 0 Å². The molecule has 1 heterocycles. The van der Waals surface area contributed by atoms with Crippen LogP contribution >= 0.6 is 0 Å². The molecule has 1 rings (SSSR count). The van der Waals surface area contributed by atoms with Gasteiger partial charge in [0.05, 0.1) is 0 Å². The highest BCUT2D eigenvalue weighted by molar-refractivity contribution is 4.89. The SMILES string of the molecule is CNCCc1nccc(=O)[nH]1. The highest BCUT2D eigenvalue weighted by Gasteiger charge is 1.91. The van der Waals surface area contributed by atoms with Gasteiger partial charge in [-0.2, -0.15) is 0 Å². The van der Waals surface area contributed by atoms with Gasteiger partial charge in [-0.1, -0.05) is 0 Å². The van der Waals surface area contributed by atoms with Crippen molar-refractivity contribution in [1.82, 2.24) is 15.3 Å². The van der Waals surface area contributed by atoms with E-state index in [1.807, 2.05) is 7.05 Å². The van der Waals surface area contributed by atoms with Crippen LogP contribution in [0.25, 0.3) is 0 Å². The molecule has 0 aliphatic heterocycles. The molecule has 0 atom stereocenters. The van der Waals surface area contributed by atoms with Gasteiger partial charge in [-0.15, -0.1) is 0 Å². The average molecular weight is 153 g/mol. The van der Waals surface area contributed by atoms with E-state index >= 15 is 0 Å². The fourth-order valence-corrected chi connectivity index (χ4v) is 0.782. The van der Waals surface area contributed by atoms with Crippen LogP contribution in [0.3, 0.4) is 0 Å². The van der Waals surface area contributed by atoms with Gasteiger partial charge in [-0.3, -0.25) is 4.79 Å². The Labute approximate surface area is 64.7 Å². The number of hydrogen-bond donors (Lipinski definition) is 2. The zero-order chi connectivity index (χ0) is 8.10. The summed E-state index contributed by atoms with van der Waals surface area (Å²) in [4.78, 5) is 17.4. The molecule has 60 valence electrons. The number of aromatic nitrogens is 2. The van der Waals surface area contributed by atoms with Crippen LogP contribution < -0.4 is 10.9 Å². The zero-order valence-corrected chi connectivity index (χ0v) is 6.42. The predicted octanol–water partition coefficient (Wildman–Crippen LogP) is -0.468. The molecule has 1 aromatic rings. The molecule has 0 unspecified atom stereocenters. The molecule has 0 aliphatic carbocycles. The Morgan fingerprint density at radius 3 is 3.18 bits per heavy atom. The van der Waals surface area contributed by atoms with E-state index in [4.69, 9.17) is 0 Å². The van der Waals surface area contributed by atoms with Crippen molar-refractivity contribution in [2.24, 2.45) is 0 Å². The molecule has 0 saturated heterocycles. The highest BCUT2D eigenvalue weighted by atomic mass is 16.1. The van der Waals surface area contributed by atoms with E-state index in [9.17, 15) is 4.79 Å². The lowest BCUT2D eigenvalue weighted by Crippen LogP contribution is -2.15. The minimum atomic E-state index is -0.0916. The van der Waals surface area contributed by atoms with Crippen molar-refractivity contribution < 1.29 is 0 Å². The summed E-state index contributed by atoms with van der Waals surface area (Å²) in [6, 6.07) is 1.41. The summed E-state index contributed by atoms with van der Waals surface area (Å²) in [5.74, 6) is 0.729. The number of nitrogens with one attached hydrogen (secondary N) is 2. The van der Waals surface area contributed by atoms with Crippen LogP contribution in [0.1, 0.15) is 5.82 Å². The van der Waals surface area contributed by atoms with E-state index in [1.165, 1.54) is 12.3 Å². The fourth-order valence-electron chi connectivity index (χ4n) is 0.782. The van der Waals surface area contributed by atoms with Gasteiger partial charge in [0.15, 0.2) is 0 Å². The Morgan fingerprint density at radius 2 is 2.55 bits per heavy atom. The van der Waals surface area contributed by atoms with Gasteiger partial charge in [0.25, 0.3) is 5.56 Å². The Morgan fingerprint density at radius 1 is 1.73 bits per heavy atom. The van der Waals surface area contributed by atoms with E-state index < -0.39 is 0 Å². The zero-order valence-electron chi connectivity index (χ0n) is 6.42. The fraction of sp³-hybridized carbons (Fsp3) is 0.429. The van der Waals surface area contributed by atoms with Crippen LogP contribution in [-0.4, -0.2) is 23.6 Å². The molecular weight excluding hydrogens is 142 g/mol. The molecule has 1 aromatic heterocycles. The van der Waals surface area contributed by atoms with Crippen LogP contribution in [-0.2, 0) is 6.42 Å². The minimum absolute atomic E-state index is 0.0916. The maximum atomic E-state index is 10.7. The Bertz CT molecular complexity index is 268. The van der Waals surface area contributed by atoms with Crippen LogP contribution in [0.15, 0.2) is 17.1 Å². The lowest BCUT2D eigenvalue weighted by molar-refractivity contribution is 0.751. The first-order valence-electron chi connectivity index (χ1n) is 3.52. The quantitative estimate of drug-likeness (QED) is 0.617. The molecule has 11 heavy (non-hydrogen) atoms. The maximum Gasteiger partial charge on any atom is 0.250 e. The van der Waals surface area contributed by atoms with E-state index in [1.54, 1.807) is 0 Å². The smallest absolute Gasteiger partial charge is 0.250 e. The second kappa shape index (κ2) is 3.88. The molecule has 4 heteroatoms. The topological polar surface area (TPSA) is 57.8 Å². The van der Waals surface area contributed by atoms with Crippen LogP contribution in [0.4, 0.5) is 0 Å². The first-order valence-corrected chi connectivity index (χ1v) is 3.52. The van der Waals surface area contributed by atoms with Gasteiger partial charge < -0.3 is 10.3 Å². The second-order valence-electron chi connectivity index (χ2n) is 2.23. The molecule has 0 fully saturated rings. The molecule has 4 nitrogen and oxygen atoms in total. The van der Waals surface area contributed by atoms with Gasteiger partial charge in [0.2, 0.25) is 0 Å². The Balaban J connectivity index is 2.64. The van der Waals surface area contributed by atoms with Crippen molar-refractivity contribution >= 4 is 0 Å². The molecule has 0 bridgehead atoms. The first kappa shape index (κ1) is 7.94. The van der Waals surface area contributed by atoms with Gasteiger partial charge in [0, 0.05) is 25.2 Å². The molecule has 0 amide bonds. The van der Waals surface area contributed by atoms with Gasteiger partial charge in [0.1, 0.15) is 5.82 Å². The molecular formula is C7H11N3O. The number of likely N-dealkylation sites (N-methyl/N-ethyl adjacent to an activating group) is 1. The Hall–Kier alpha value is -1.16. The number of hydrogen-bond acceptors (Lipinski definition) is 3. The summed E-state index contributed by atoms with van der Waals surface area (Å²) in [5, 5.41) is 2.97. The third kappa shape index (κ3) is 2.51. The molecule has 0 aromatic carbocycles. The lowest BCUT2D eigenvalue weighted by Gasteiger charge is -1.97. The molecule has 0 saturated carbocycles. The summed E-state index contributed by atoms with van der Waals surface area (Å²) >= 11 is 0. The van der Waals surface area contributed by atoms with Crippen molar-refractivity contribution in [2.45, 2.75) is 6.42 Å². The van der Waals surface area contributed by atoms with Crippen molar-refractivity contribution in [3.05, 3.63) is 28.4 Å². The third-order valence-electron chi connectivity index (χ3n) is 1.34. The normalized spacial score (nSPS) is 9.91. The maximum absolute atomic E-state index is 10.7. The Kier molecular flexibility index (Phi) is 2.80. The number of rotatable bonds is 3. The summed E-state index contributed by atoms with van der Waals surface area (Å²) in [6.07, 6.45) is 2.27. The van der Waals surface area contributed by atoms with Crippen molar-refractivity contribution in [3.63, 3.8) is 0 Å². The first-order chi connectivity index (χ1) is 5.33. The lowest BCUT2D eigenvalue weighted by atomic mass is 10.4. The van der Waals surface area contributed by atoms with E-state index in [-0.39, 0.29) is 5.56 Å². The summed E-state index contributed by atoms with van der Waals surface area (Å²) < 4.78 is 0. The van der Waals surface area contributed by atoms with Gasteiger partial charge in [-0.25, -0.2) is 4.98 Å². The summed E-state index contributed by atoms with van der Waals surface area (Å²) in [6.45, 7) is 0.826. The van der Waals surface area contributed by atoms with E-state index in [0.717, 1.165) is 18.8 Å². The third-order valence-corrected chi connectivity index (χ3v) is 1.34. The standard InChI is InChI=1S/C7H11N3O/c1-8-4-2-6-9-5-3-7(11)10-6/h3,5,8H,2,4H2,1H3,(H,9,10,11). The molecule has 2 N–H and O–H groups in total. The molecule has 0 spiro atoms. The number of H-pyrrole nitrogens is 1. The van der Waals surface area contributed by atoms with Crippen molar-refractivity contribution in [3.8, 4) is 0 Å². The highest BCUT2D eigenvalue weighted by Crippen LogP contribution is 1.82.